The summed E-state index contributed by atoms with van der Waals surface area (Å²) in [6.45, 7) is 2.20. The Bertz CT molecular complexity index is 1090. The number of rotatable bonds is 5. The smallest absolute Gasteiger partial charge is 0.138 e. The number of unbranched alkanes of at least 4 members (excludes halogenated alkanes) is 1. The first-order chi connectivity index (χ1) is 13.7. The van der Waals surface area contributed by atoms with Crippen molar-refractivity contribution < 1.29 is 8.78 Å². The van der Waals surface area contributed by atoms with Gasteiger partial charge in [0.15, 0.2) is 0 Å². The molecule has 4 aromatic rings. The van der Waals surface area contributed by atoms with Crippen LogP contribution in [0.2, 0.25) is 0 Å². The van der Waals surface area contributed by atoms with Crippen molar-refractivity contribution in [1.82, 2.24) is 0 Å². The summed E-state index contributed by atoms with van der Waals surface area (Å²) < 4.78 is 28.2. The van der Waals surface area contributed by atoms with Crippen molar-refractivity contribution in [2.75, 3.05) is 0 Å². The lowest BCUT2D eigenvalue weighted by atomic mass is 9.96. The molecule has 0 saturated heterocycles. The molecule has 0 N–H and O–H groups in total. The predicted molar refractivity (Wildman–Crippen MR) is 113 cm³/mol. The van der Waals surface area contributed by atoms with Gasteiger partial charge in [-0.1, -0.05) is 74.0 Å². The quantitative estimate of drug-likeness (QED) is 0.335. The molecule has 0 fully saturated rings. The topological polar surface area (TPSA) is 0 Å². The van der Waals surface area contributed by atoms with Gasteiger partial charge in [-0.15, -0.1) is 0 Å². The highest BCUT2D eigenvalue weighted by atomic mass is 19.1. The maximum absolute atomic E-state index is 15.1. The average molecular weight is 372 g/mol. The number of benzene rings is 4. The number of halogens is 2. The van der Waals surface area contributed by atoms with Gasteiger partial charge in [-0.2, -0.15) is 0 Å². The van der Waals surface area contributed by atoms with Crippen molar-refractivity contribution in [3.8, 4) is 22.3 Å². The second kappa shape index (κ2) is 7.93. The van der Waals surface area contributed by atoms with Crippen molar-refractivity contribution in [3.63, 3.8) is 0 Å². The Morgan fingerprint density at radius 3 is 2.07 bits per heavy atom. The lowest BCUT2D eigenvalue weighted by Crippen LogP contribution is -1.89. The Balaban J connectivity index is 1.68. The molecule has 0 aliphatic rings. The van der Waals surface area contributed by atoms with Crippen LogP contribution in [0.1, 0.15) is 25.3 Å². The first kappa shape index (κ1) is 18.4. The Morgan fingerprint density at radius 1 is 0.679 bits per heavy atom. The van der Waals surface area contributed by atoms with Crippen molar-refractivity contribution >= 4 is 10.8 Å². The monoisotopic (exact) mass is 372 g/mol. The minimum Gasteiger partial charge on any atom is -0.207 e. The Kier molecular flexibility index (Phi) is 5.21. The zero-order valence-electron chi connectivity index (χ0n) is 15.9. The Labute approximate surface area is 164 Å². The standard InChI is InChI=1S/C26H22F2/c1-2-3-4-18-5-7-19(8-6-18)21-11-15-25-22(17-21)12-16-24(26(25)28)20-9-13-23(27)14-10-20/h5-17H,2-4H2,1H3. The van der Waals surface area contributed by atoms with Crippen LogP contribution >= 0.6 is 0 Å². The third-order valence-corrected chi connectivity index (χ3v) is 5.22. The van der Waals surface area contributed by atoms with E-state index in [2.05, 4.69) is 31.2 Å². The minimum atomic E-state index is -0.324. The third kappa shape index (κ3) is 3.68. The van der Waals surface area contributed by atoms with E-state index in [9.17, 15) is 4.39 Å². The summed E-state index contributed by atoms with van der Waals surface area (Å²) in [4.78, 5) is 0. The largest absolute Gasteiger partial charge is 0.207 e. The van der Waals surface area contributed by atoms with E-state index in [0.717, 1.165) is 22.9 Å². The molecule has 0 radical (unpaired) electrons. The maximum Gasteiger partial charge on any atom is 0.138 e. The second-order valence-corrected chi connectivity index (χ2v) is 7.17. The Morgan fingerprint density at radius 2 is 1.36 bits per heavy atom. The van der Waals surface area contributed by atoms with Gasteiger partial charge in [-0.05, 0) is 58.7 Å². The van der Waals surface area contributed by atoms with Gasteiger partial charge < -0.3 is 0 Å². The number of aryl methyl sites for hydroxylation is 1. The van der Waals surface area contributed by atoms with Crippen LogP contribution in [0.5, 0.6) is 0 Å². The van der Waals surface area contributed by atoms with E-state index in [4.69, 9.17) is 0 Å². The number of hydrogen-bond donors (Lipinski definition) is 0. The molecule has 0 spiro atoms. The van der Waals surface area contributed by atoms with Crippen LogP contribution in [0.25, 0.3) is 33.0 Å². The van der Waals surface area contributed by atoms with E-state index in [1.165, 1.54) is 30.5 Å². The zero-order chi connectivity index (χ0) is 19.5. The molecule has 0 aliphatic heterocycles. The van der Waals surface area contributed by atoms with E-state index in [1.54, 1.807) is 18.2 Å². The fourth-order valence-corrected chi connectivity index (χ4v) is 3.57. The second-order valence-electron chi connectivity index (χ2n) is 7.17. The summed E-state index contributed by atoms with van der Waals surface area (Å²) >= 11 is 0. The van der Waals surface area contributed by atoms with Crippen LogP contribution in [-0.2, 0) is 6.42 Å². The summed E-state index contributed by atoms with van der Waals surface area (Å²) in [5, 5.41) is 1.43. The molecule has 0 unspecified atom stereocenters. The van der Waals surface area contributed by atoms with Gasteiger partial charge in [0.25, 0.3) is 0 Å². The Hall–Kier alpha value is -3.00. The van der Waals surface area contributed by atoms with E-state index in [0.29, 0.717) is 16.5 Å². The molecule has 0 heterocycles. The van der Waals surface area contributed by atoms with Gasteiger partial charge in [0.05, 0.1) is 0 Å². The summed E-state index contributed by atoms with van der Waals surface area (Å²) in [6, 6.07) is 24.0. The number of hydrogen-bond acceptors (Lipinski definition) is 0. The maximum atomic E-state index is 15.1. The summed E-state index contributed by atoms with van der Waals surface area (Å²) in [5.41, 5.74) is 4.71. The van der Waals surface area contributed by atoms with E-state index >= 15 is 4.39 Å². The molecule has 0 amide bonds. The molecule has 0 aliphatic carbocycles. The highest BCUT2D eigenvalue weighted by Gasteiger charge is 2.10. The minimum absolute atomic E-state index is 0.273. The molecule has 4 rings (SSSR count). The molecule has 0 saturated carbocycles. The lowest BCUT2D eigenvalue weighted by molar-refractivity contribution is 0.627. The van der Waals surface area contributed by atoms with Gasteiger partial charge in [0.1, 0.15) is 11.6 Å². The third-order valence-electron chi connectivity index (χ3n) is 5.22. The van der Waals surface area contributed by atoms with Crippen LogP contribution in [0.4, 0.5) is 8.78 Å². The van der Waals surface area contributed by atoms with Crippen LogP contribution < -0.4 is 0 Å². The average Bonchev–Trinajstić information content (AvgIpc) is 2.73. The fourth-order valence-electron chi connectivity index (χ4n) is 3.57. The van der Waals surface area contributed by atoms with Crippen molar-refractivity contribution in [2.24, 2.45) is 0 Å². The fraction of sp³-hybridized carbons (Fsp3) is 0.154. The van der Waals surface area contributed by atoms with Crippen LogP contribution in [-0.4, -0.2) is 0 Å². The summed E-state index contributed by atoms with van der Waals surface area (Å²) in [7, 11) is 0. The molecular weight excluding hydrogens is 350 g/mol. The molecule has 0 bridgehead atoms. The van der Waals surface area contributed by atoms with Gasteiger partial charge >= 0.3 is 0 Å². The van der Waals surface area contributed by atoms with Crippen LogP contribution in [0.15, 0.2) is 78.9 Å². The molecule has 0 nitrogen and oxygen atoms in total. The van der Waals surface area contributed by atoms with Gasteiger partial charge in [0.2, 0.25) is 0 Å². The van der Waals surface area contributed by atoms with Gasteiger partial charge in [-0.3, -0.25) is 0 Å². The zero-order valence-corrected chi connectivity index (χ0v) is 15.9. The molecule has 0 aromatic heterocycles. The highest BCUT2D eigenvalue weighted by Crippen LogP contribution is 2.32. The normalized spacial score (nSPS) is 11.1. The first-order valence-electron chi connectivity index (χ1n) is 9.73. The van der Waals surface area contributed by atoms with E-state index in [1.807, 2.05) is 24.3 Å². The lowest BCUT2D eigenvalue weighted by Gasteiger charge is -2.10. The van der Waals surface area contributed by atoms with E-state index < -0.39 is 0 Å². The predicted octanol–water partition coefficient (Wildman–Crippen LogP) is 7.79. The molecular formula is C26H22F2. The first-order valence-corrected chi connectivity index (χ1v) is 9.73. The van der Waals surface area contributed by atoms with Crippen LogP contribution in [0.3, 0.4) is 0 Å². The molecule has 0 atom stereocenters. The molecule has 2 heteroatoms. The molecule has 4 aromatic carbocycles. The molecule has 28 heavy (non-hydrogen) atoms. The van der Waals surface area contributed by atoms with E-state index in [-0.39, 0.29) is 11.6 Å². The summed E-state index contributed by atoms with van der Waals surface area (Å²) in [5.74, 6) is -0.596. The van der Waals surface area contributed by atoms with Crippen molar-refractivity contribution in [2.45, 2.75) is 26.2 Å². The number of fused-ring (bicyclic) bond motifs is 1. The van der Waals surface area contributed by atoms with Gasteiger partial charge in [-0.25, -0.2) is 8.78 Å². The SMILES string of the molecule is CCCCc1ccc(-c2ccc3c(F)c(-c4ccc(F)cc4)ccc3c2)cc1. The molecule has 140 valence electrons. The van der Waals surface area contributed by atoms with Gasteiger partial charge in [0, 0.05) is 10.9 Å². The highest BCUT2D eigenvalue weighted by molar-refractivity contribution is 5.91. The van der Waals surface area contributed by atoms with Crippen molar-refractivity contribution in [3.05, 3.63) is 96.1 Å². The van der Waals surface area contributed by atoms with Crippen molar-refractivity contribution in [1.29, 1.82) is 0 Å². The summed E-state index contributed by atoms with van der Waals surface area (Å²) in [6.07, 6.45) is 3.49. The van der Waals surface area contributed by atoms with Crippen LogP contribution in [0, 0.1) is 11.6 Å².